The minimum absolute atomic E-state index is 0.0244. The number of carbonyl (C=O) groups is 1. The molecule has 1 aliphatic rings. The van der Waals surface area contributed by atoms with Gasteiger partial charge >= 0.3 is 6.18 Å². The predicted molar refractivity (Wildman–Crippen MR) is 66.9 cm³/mol. The van der Waals surface area contributed by atoms with Crippen molar-refractivity contribution in [2.24, 2.45) is 0 Å². The first-order chi connectivity index (χ1) is 8.96. The van der Waals surface area contributed by atoms with Crippen LogP contribution in [0.1, 0.15) is 24.4 Å². The van der Waals surface area contributed by atoms with E-state index in [1.807, 2.05) is 27.0 Å². The molecule has 1 amide bonds. The quantitative estimate of drug-likeness (QED) is 0.925. The maximum atomic E-state index is 12.0. The molecule has 1 fully saturated rings. The number of halogens is 3. The van der Waals surface area contributed by atoms with Gasteiger partial charge < -0.3 is 5.32 Å². The molecule has 2 rings (SSSR count). The van der Waals surface area contributed by atoms with E-state index in [1.165, 1.54) is 0 Å². The van der Waals surface area contributed by atoms with E-state index in [-0.39, 0.29) is 12.6 Å². The molecule has 0 bridgehead atoms. The van der Waals surface area contributed by atoms with Crippen molar-refractivity contribution >= 4 is 17.2 Å². The summed E-state index contributed by atoms with van der Waals surface area (Å²) >= 11 is 1.59. The van der Waals surface area contributed by atoms with Crippen LogP contribution in [-0.2, 0) is 4.79 Å². The summed E-state index contributed by atoms with van der Waals surface area (Å²) in [7, 11) is 0. The number of amides is 1. The lowest BCUT2D eigenvalue weighted by Crippen LogP contribution is -2.40. The molecule has 1 saturated heterocycles. The molecule has 0 unspecified atom stereocenters. The van der Waals surface area contributed by atoms with Gasteiger partial charge in [-0.05, 0) is 41.8 Å². The molecular weight excluding hydrogens is 277 g/mol. The van der Waals surface area contributed by atoms with Crippen LogP contribution >= 0.6 is 11.3 Å². The molecule has 1 N–H and O–H groups in total. The minimum atomic E-state index is -4.35. The highest BCUT2D eigenvalue weighted by Crippen LogP contribution is 2.32. The third-order valence-electron chi connectivity index (χ3n) is 3.12. The molecule has 1 aromatic heterocycles. The molecule has 1 atom stereocenters. The Labute approximate surface area is 113 Å². The Kier molecular flexibility index (Phi) is 4.46. The van der Waals surface area contributed by atoms with E-state index in [2.05, 4.69) is 0 Å². The first-order valence-corrected chi connectivity index (χ1v) is 6.99. The summed E-state index contributed by atoms with van der Waals surface area (Å²) in [6, 6.07) is 2.16. The zero-order valence-electron chi connectivity index (χ0n) is 10.2. The molecule has 7 heteroatoms. The summed E-state index contributed by atoms with van der Waals surface area (Å²) in [5.41, 5.74) is 1.14. The van der Waals surface area contributed by atoms with E-state index in [1.54, 1.807) is 11.3 Å². The van der Waals surface area contributed by atoms with Gasteiger partial charge in [-0.1, -0.05) is 0 Å². The number of thiophene rings is 1. The number of nitrogens with zero attached hydrogens (tertiary/aromatic N) is 1. The normalized spacial score (nSPS) is 20.7. The molecule has 19 heavy (non-hydrogen) atoms. The second-order valence-corrected chi connectivity index (χ2v) is 5.36. The van der Waals surface area contributed by atoms with Crippen molar-refractivity contribution in [2.75, 3.05) is 19.6 Å². The first kappa shape index (κ1) is 14.3. The molecule has 0 saturated carbocycles. The molecule has 0 spiro atoms. The van der Waals surface area contributed by atoms with E-state index < -0.39 is 18.6 Å². The maximum absolute atomic E-state index is 12.0. The van der Waals surface area contributed by atoms with Crippen LogP contribution in [0.2, 0.25) is 0 Å². The van der Waals surface area contributed by atoms with Crippen LogP contribution in [0.5, 0.6) is 0 Å². The van der Waals surface area contributed by atoms with Crippen LogP contribution in [0.25, 0.3) is 0 Å². The standard InChI is InChI=1S/C12H15F3N2OS/c13-12(14,15)8-16-11(18)6-17-4-1-2-10(17)9-3-5-19-7-9/h3,5,7,10H,1-2,4,6,8H2,(H,16,18)/t10-/m0/s1. The molecule has 0 radical (unpaired) electrons. The Balaban J connectivity index is 1.86. The van der Waals surface area contributed by atoms with Gasteiger partial charge in [-0.3, -0.25) is 9.69 Å². The Bertz CT molecular complexity index is 419. The number of likely N-dealkylation sites (tertiary alicyclic amines) is 1. The highest BCUT2D eigenvalue weighted by molar-refractivity contribution is 7.07. The van der Waals surface area contributed by atoms with Gasteiger partial charge in [0, 0.05) is 6.04 Å². The van der Waals surface area contributed by atoms with Crippen molar-refractivity contribution in [3.63, 3.8) is 0 Å². The van der Waals surface area contributed by atoms with Crippen molar-refractivity contribution in [1.82, 2.24) is 10.2 Å². The van der Waals surface area contributed by atoms with Crippen LogP contribution < -0.4 is 5.32 Å². The van der Waals surface area contributed by atoms with Gasteiger partial charge in [0.05, 0.1) is 6.54 Å². The van der Waals surface area contributed by atoms with Crippen molar-refractivity contribution in [1.29, 1.82) is 0 Å². The summed E-state index contributed by atoms with van der Waals surface area (Å²) in [5.74, 6) is -0.570. The van der Waals surface area contributed by atoms with Gasteiger partial charge in [0.25, 0.3) is 0 Å². The fraction of sp³-hybridized carbons (Fsp3) is 0.583. The van der Waals surface area contributed by atoms with Crippen molar-refractivity contribution < 1.29 is 18.0 Å². The average Bonchev–Trinajstić information content (AvgIpc) is 2.94. The number of nitrogens with one attached hydrogen (secondary N) is 1. The van der Waals surface area contributed by atoms with Gasteiger partial charge in [0.2, 0.25) is 5.91 Å². The van der Waals surface area contributed by atoms with Crippen LogP contribution in [0, 0.1) is 0 Å². The molecule has 2 heterocycles. The Hall–Kier alpha value is -1.08. The zero-order chi connectivity index (χ0) is 13.9. The van der Waals surface area contributed by atoms with Crippen molar-refractivity contribution in [2.45, 2.75) is 25.1 Å². The number of hydrogen-bond acceptors (Lipinski definition) is 3. The van der Waals surface area contributed by atoms with E-state index in [9.17, 15) is 18.0 Å². The van der Waals surface area contributed by atoms with Crippen LogP contribution in [-0.4, -0.2) is 36.6 Å². The molecule has 1 aliphatic heterocycles. The SMILES string of the molecule is O=C(CN1CCC[C@H]1c1ccsc1)NCC(F)(F)F. The molecule has 0 aromatic carbocycles. The van der Waals surface area contributed by atoms with Crippen molar-refractivity contribution in [3.8, 4) is 0 Å². The van der Waals surface area contributed by atoms with E-state index in [4.69, 9.17) is 0 Å². The lowest BCUT2D eigenvalue weighted by atomic mass is 10.1. The average molecular weight is 292 g/mol. The van der Waals surface area contributed by atoms with Gasteiger partial charge in [-0.25, -0.2) is 0 Å². The highest BCUT2D eigenvalue weighted by Gasteiger charge is 2.30. The van der Waals surface area contributed by atoms with E-state index >= 15 is 0 Å². The molecule has 0 aliphatic carbocycles. The van der Waals surface area contributed by atoms with Gasteiger partial charge in [0.1, 0.15) is 6.54 Å². The van der Waals surface area contributed by atoms with Crippen LogP contribution in [0.3, 0.4) is 0 Å². The summed E-state index contributed by atoms with van der Waals surface area (Å²) in [5, 5.41) is 5.90. The monoisotopic (exact) mass is 292 g/mol. The summed E-state index contributed by atoms with van der Waals surface area (Å²) in [4.78, 5) is 13.4. The predicted octanol–water partition coefficient (Wildman–Crippen LogP) is 2.56. The highest BCUT2D eigenvalue weighted by atomic mass is 32.1. The largest absolute Gasteiger partial charge is 0.405 e. The lowest BCUT2D eigenvalue weighted by molar-refractivity contribution is -0.139. The Morgan fingerprint density at radius 2 is 2.32 bits per heavy atom. The number of rotatable bonds is 4. The number of carbonyl (C=O) groups excluding carboxylic acids is 1. The first-order valence-electron chi connectivity index (χ1n) is 6.05. The van der Waals surface area contributed by atoms with E-state index in [0.29, 0.717) is 0 Å². The molecular formula is C12H15F3N2OS. The van der Waals surface area contributed by atoms with E-state index in [0.717, 1.165) is 24.9 Å². The molecule has 1 aromatic rings. The third kappa shape index (κ3) is 4.21. The maximum Gasteiger partial charge on any atom is 0.405 e. The Morgan fingerprint density at radius 3 is 2.95 bits per heavy atom. The zero-order valence-corrected chi connectivity index (χ0v) is 11.1. The van der Waals surface area contributed by atoms with Gasteiger partial charge in [-0.2, -0.15) is 24.5 Å². The molecule has 3 nitrogen and oxygen atoms in total. The second-order valence-electron chi connectivity index (χ2n) is 4.58. The Morgan fingerprint density at radius 1 is 1.53 bits per heavy atom. The summed E-state index contributed by atoms with van der Waals surface area (Å²) in [6.07, 6.45) is -2.44. The number of hydrogen-bond donors (Lipinski definition) is 1. The van der Waals surface area contributed by atoms with Crippen molar-refractivity contribution in [3.05, 3.63) is 22.4 Å². The fourth-order valence-corrected chi connectivity index (χ4v) is 3.00. The van der Waals surface area contributed by atoms with Gasteiger partial charge in [-0.15, -0.1) is 0 Å². The summed E-state index contributed by atoms with van der Waals surface area (Å²) in [6.45, 7) is -0.487. The number of alkyl halides is 3. The fourth-order valence-electron chi connectivity index (χ4n) is 2.30. The van der Waals surface area contributed by atoms with Crippen LogP contribution in [0.15, 0.2) is 16.8 Å². The lowest BCUT2D eigenvalue weighted by Gasteiger charge is -2.23. The smallest absolute Gasteiger partial charge is 0.346 e. The van der Waals surface area contributed by atoms with Gasteiger partial charge in [0.15, 0.2) is 0 Å². The topological polar surface area (TPSA) is 32.3 Å². The second kappa shape index (κ2) is 5.92. The van der Waals surface area contributed by atoms with Crippen LogP contribution in [0.4, 0.5) is 13.2 Å². The summed E-state index contributed by atoms with van der Waals surface area (Å²) < 4.78 is 36.0. The minimum Gasteiger partial charge on any atom is -0.346 e. The molecule has 106 valence electrons. The third-order valence-corrected chi connectivity index (χ3v) is 3.83.